The molecule has 3 aromatic carbocycles. The van der Waals surface area contributed by atoms with Crippen molar-refractivity contribution in [2.24, 2.45) is 0 Å². The molecule has 4 rings (SSSR count). The highest BCUT2D eigenvalue weighted by molar-refractivity contribution is 8.18. The average Bonchev–Trinajstić information content (AvgIpc) is 3.03. The zero-order valence-electron chi connectivity index (χ0n) is 16.5. The van der Waals surface area contributed by atoms with E-state index in [-0.39, 0.29) is 27.3 Å². The van der Waals surface area contributed by atoms with Gasteiger partial charge < -0.3 is 4.18 Å². The lowest BCUT2D eigenvalue weighted by Gasteiger charge is -2.12. The molecule has 1 fully saturated rings. The molecular formula is C23H16ClNO5S2. The van der Waals surface area contributed by atoms with Crippen molar-refractivity contribution in [3.63, 3.8) is 0 Å². The van der Waals surface area contributed by atoms with Crippen LogP contribution in [0, 0.1) is 0 Å². The number of carbonyl (C=O) groups is 2. The quantitative estimate of drug-likeness (QED) is 0.346. The Morgan fingerprint density at radius 3 is 2.34 bits per heavy atom. The first kappa shape index (κ1) is 22.1. The van der Waals surface area contributed by atoms with Crippen molar-refractivity contribution in [3.8, 4) is 5.75 Å². The molecule has 2 amide bonds. The summed E-state index contributed by atoms with van der Waals surface area (Å²) in [6.45, 7) is 0.132. The molecule has 9 heteroatoms. The Bertz CT molecular complexity index is 1310. The molecule has 0 atom stereocenters. The van der Waals surface area contributed by atoms with E-state index in [9.17, 15) is 18.0 Å². The molecule has 162 valence electrons. The number of carbonyl (C=O) groups excluding carboxylic acids is 2. The summed E-state index contributed by atoms with van der Waals surface area (Å²) in [7, 11) is -3.94. The van der Waals surface area contributed by atoms with Crippen molar-refractivity contribution in [1.82, 2.24) is 4.90 Å². The first-order valence-corrected chi connectivity index (χ1v) is 12.0. The SMILES string of the molecule is O=C1S/C(=C\c2ccc(OS(=O)(=O)c3ccccc3)cc2)C(=O)N1Cc1cccc(Cl)c1. The van der Waals surface area contributed by atoms with Gasteiger partial charge in [-0.1, -0.05) is 54.1 Å². The molecular weight excluding hydrogens is 470 g/mol. The maximum absolute atomic E-state index is 12.7. The summed E-state index contributed by atoms with van der Waals surface area (Å²) in [5.41, 5.74) is 1.38. The Morgan fingerprint density at radius 1 is 0.938 bits per heavy atom. The van der Waals surface area contributed by atoms with Crippen LogP contribution in [0.3, 0.4) is 0 Å². The van der Waals surface area contributed by atoms with Crippen molar-refractivity contribution in [1.29, 1.82) is 0 Å². The summed E-state index contributed by atoms with van der Waals surface area (Å²) in [5.74, 6) is -0.257. The Kier molecular flexibility index (Phi) is 6.36. The number of benzene rings is 3. The molecule has 0 aliphatic carbocycles. The van der Waals surface area contributed by atoms with E-state index >= 15 is 0 Å². The van der Waals surface area contributed by atoms with Crippen LogP contribution < -0.4 is 4.18 Å². The van der Waals surface area contributed by atoms with E-state index in [1.54, 1.807) is 60.7 Å². The summed E-state index contributed by atoms with van der Waals surface area (Å²) in [6, 6.07) is 21.0. The van der Waals surface area contributed by atoms with E-state index in [2.05, 4.69) is 0 Å². The Balaban J connectivity index is 1.47. The maximum atomic E-state index is 12.7. The van der Waals surface area contributed by atoms with E-state index in [4.69, 9.17) is 15.8 Å². The molecule has 6 nitrogen and oxygen atoms in total. The fourth-order valence-electron chi connectivity index (χ4n) is 2.99. The van der Waals surface area contributed by atoms with Gasteiger partial charge in [-0.25, -0.2) is 0 Å². The van der Waals surface area contributed by atoms with Gasteiger partial charge in [0, 0.05) is 5.02 Å². The van der Waals surface area contributed by atoms with E-state index in [0.717, 1.165) is 22.2 Å². The number of imide groups is 1. The average molecular weight is 486 g/mol. The van der Waals surface area contributed by atoms with Gasteiger partial charge in [-0.2, -0.15) is 8.42 Å². The van der Waals surface area contributed by atoms with Gasteiger partial charge >= 0.3 is 10.1 Å². The molecule has 1 heterocycles. The van der Waals surface area contributed by atoms with Gasteiger partial charge in [0.15, 0.2) is 0 Å². The van der Waals surface area contributed by atoms with Crippen LogP contribution in [0.5, 0.6) is 5.75 Å². The van der Waals surface area contributed by atoms with Crippen LogP contribution in [0.15, 0.2) is 88.7 Å². The highest BCUT2D eigenvalue weighted by Crippen LogP contribution is 2.33. The van der Waals surface area contributed by atoms with Crippen LogP contribution in [0.1, 0.15) is 11.1 Å². The van der Waals surface area contributed by atoms with Gasteiger partial charge in [-0.3, -0.25) is 14.5 Å². The third-order valence-corrected chi connectivity index (χ3v) is 6.92. The maximum Gasteiger partial charge on any atom is 0.339 e. The zero-order chi connectivity index (χ0) is 22.7. The van der Waals surface area contributed by atoms with Gasteiger partial charge in [-0.05, 0) is 65.4 Å². The third-order valence-electron chi connectivity index (χ3n) is 4.52. The van der Waals surface area contributed by atoms with Crippen molar-refractivity contribution in [2.45, 2.75) is 11.4 Å². The fraction of sp³-hybridized carbons (Fsp3) is 0.0435. The number of hydrogen-bond acceptors (Lipinski definition) is 6. The predicted molar refractivity (Wildman–Crippen MR) is 124 cm³/mol. The highest BCUT2D eigenvalue weighted by atomic mass is 35.5. The predicted octanol–water partition coefficient (Wildman–Crippen LogP) is 5.34. The number of rotatable bonds is 6. The minimum atomic E-state index is -3.94. The van der Waals surface area contributed by atoms with Gasteiger partial charge in [0.1, 0.15) is 10.6 Å². The topological polar surface area (TPSA) is 80.8 Å². The van der Waals surface area contributed by atoms with Crippen molar-refractivity contribution in [2.75, 3.05) is 0 Å². The lowest BCUT2D eigenvalue weighted by Crippen LogP contribution is -2.27. The number of hydrogen-bond donors (Lipinski definition) is 0. The molecule has 0 saturated carbocycles. The minimum absolute atomic E-state index is 0.0532. The van der Waals surface area contributed by atoms with E-state index in [1.165, 1.54) is 24.3 Å². The fourth-order valence-corrected chi connectivity index (χ4v) is 4.99. The zero-order valence-corrected chi connectivity index (χ0v) is 18.9. The lowest BCUT2D eigenvalue weighted by atomic mass is 10.2. The molecule has 32 heavy (non-hydrogen) atoms. The van der Waals surface area contributed by atoms with Crippen molar-refractivity contribution >= 4 is 50.7 Å². The molecule has 0 spiro atoms. The van der Waals surface area contributed by atoms with Gasteiger partial charge in [0.2, 0.25) is 0 Å². The van der Waals surface area contributed by atoms with E-state index < -0.39 is 16.0 Å². The number of amides is 2. The standard InChI is InChI=1S/C23H16ClNO5S2/c24-18-6-4-5-17(13-18)15-25-22(26)21(31-23(25)27)14-16-9-11-19(12-10-16)30-32(28,29)20-7-2-1-3-8-20/h1-14H,15H2/b21-14-. The molecule has 0 aromatic heterocycles. The second-order valence-corrected chi connectivity index (χ2v) is 9.79. The molecule has 0 bridgehead atoms. The number of halogens is 1. The second-order valence-electron chi connectivity index (χ2n) is 6.82. The van der Waals surface area contributed by atoms with Crippen molar-refractivity contribution < 1.29 is 22.2 Å². The normalized spacial score (nSPS) is 15.4. The third kappa shape index (κ3) is 5.04. The van der Waals surface area contributed by atoms with Gasteiger partial charge in [0.25, 0.3) is 11.1 Å². The summed E-state index contributed by atoms with van der Waals surface area (Å²) < 4.78 is 29.8. The summed E-state index contributed by atoms with van der Waals surface area (Å²) in [4.78, 5) is 26.5. The van der Waals surface area contributed by atoms with Gasteiger partial charge in [-0.15, -0.1) is 0 Å². The van der Waals surface area contributed by atoms with Crippen LogP contribution in [-0.2, 0) is 21.5 Å². The van der Waals surface area contributed by atoms with Gasteiger partial charge in [0.05, 0.1) is 11.4 Å². The second kappa shape index (κ2) is 9.20. The molecule has 1 saturated heterocycles. The van der Waals surface area contributed by atoms with Crippen LogP contribution in [0.25, 0.3) is 6.08 Å². The smallest absolute Gasteiger partial charge is 0.339 e. The molecule has 0 N–H and O–H groups in total. The van der Waals surface area contributed by atoms with E-state index in [0.29, 0.717) is 10.6 Å². The van der Waals surface area contributed by atoms with Crippen LogP contribution >= 0.6 is 23.4 Å². The highest BCUT2D eigenvalue weighted by Gasteiger charge is 2.35. The summed E-state index contributed by atoms with van der Waals surface area (Å²) >= 11 is 6.82. The first-order chi connectivity index (χ1) is 15.3. The molecule has 0 unspecified atom stereocenters. The monoisotopic (exact) mass is 485 g/mol. The number of nitrogens with zero attached hydrogens (tertiary/aromatic N) is 1. The molecule has 0 radical (unpaired) electrons. The Labute approximate surface area is 194 Å². The summed E-state index contributed by atoms with van der Waals surface area (Å²) in [6.07, 6.45) is 1.58. The lowest BCUT2D eigenvalue weighted by molar-refractivity contribution is -0.123. The van der Waals surface area contributed by atoms with Crippen molar-refractivity contribution in [3.05, 3.63) is 99.9 Å². The van der Waals surface area contributed by atoms with Crippen LogP contribution in [-0.4, -0.2) is 24.5 Å². The van der Waals surface area contributed by atoms with Crippen LogP contribution in [0.4, 0.5) is 4.79 Å². The number of thioether (sulfide) groups is 1. The Morgan fingerprint density at radius 2 is 1.66 bits per heavy atom. The molecule has 1 aliphatic heterocycles. The minimum Gasteiger partial charge on any atom is -0.379 e. The largest absolute Gasteiger partial charge is 0.379 e. The molecule has 1 aliphatic rings. The molecule has 3 aromatic rings. The van der Waals surface area contributed by atoms with E-state index in [1.807, 2.05) is 0 Å². The Hall–Kier alpha value is -3.07. The summed E-state index contributed by atoms with van der Waals surface area (Å²) in [5, 5.41) is 0.164. The van der Waals surface area contributed by atoms with Crippen LogP contribution in [0.2, 0.25) is 5.02 Å². The first-order valence-electron chi connectivity index (χ1n) is 9.41.